The summed E-state index contributed by atoms with van der Waals surface area (Å²) in [5.74, 6) is 16.9. The van der Waals surface area contributed by atoms with Crippen LogP contribution in [0.4, 0.5) is 0 Å². The van der Waals surface area contributed by atoms with Crippen molar-refractivity contribution in [2.24, 2.45) is 0 Å². The summed E-state index contributed by atoms with van der Waals surface area (Å²) in [5, 5.41) is 0. The maximum atomic E-state index is 5.16. The topological polar surface area (TPSA) is 9.23 Å². The largest absolute Gasteiger partial charge is 0.497 e. The zero-order chi connectivity index (χ0) is 21.4. The van der Waals surface area contributed by atoms with E-state index in [0.29, 0.717) is 0 Å². The Morgan fingerprint density at radius 1 is 0.500 bits per heavy atom. The lowest BCUT2D eigenvalue weighted by Gasteiger charge is -2.03. The summed E-state index contributed by atoms with van der Waals surface area (Å²) in [6, 6.07) is 23.8. The second-order valence-corrected chi connectivity index (χ2v) is 12.6. The number of benzene rings is 3. The van der Waals surface area contributed by atoms with Gasteiger partial charge in [0.1, 0.15) is 13.8 Å². The first-order chi connectivity index (χ1) is 14.4. The van der Waals surface area contributed by atoms with Gasteiger partial charge in [-0.05, 0) is 72.8 Å². The van der Waals surface area contributed by atoms with Gasteiger partial charge in [0.25, 0.3) is 0 Å². The van der Waals surface area contributed by atoms with E-state index in [4.69, 9.17) is 4.74 Å². The van der Waals surface area contributed by atoms with Crippen LogP contribution in [0.15, 0.2) is 72.8 Å². The third-order valence-corrected chi connectivity index (χ3v) is 5.02. The molecular weight excluding hydrogens is 380 g/mol. The van der Waals surface area contributed by atoms with Crippen molar-refractivity contribution in [1.82, 2.24) is 0 Å². The zero-order valence-corrected chi connectivity index (χ0v) is 18.8. The zero-order valence-electron chi connectivity index (χ0n) is 17.8. The van der Waals surface area contributed by atoms with Crippen LogP contribution < -0.4 is 4.74 Å². The van der Waals surface area contributed by atoms with E-state index >= 15 is 0 Å². The van der Waals surface area contributed by atoms with Gasteiger partial charge in [-0.25, -0.2) is 0 Å². The Labute approximate surface area is 181 Å². The van der Waals surface area contributed by atoms with Crippen LogP contribution in [0.3, 0.4) is 0 Å². The van der Waals surface area contributed by atoms with Gasteiger partial charge in [-0.2, -0.15) is 0 Å². The molecule has 146 valence electrons. The van der Waals surface area contributed by atoms with E-state index in [-0.39, 0.29) is 0 Å². The summed E-state index contributed by atoms with van der Waals surface area (Å²) in [7, 11) is 0.306. The predicted octanol–water partition coefficient (Wildman–Crippen LogP) is 5.72. The minimum Gasteiger partial charge on any atom is -0.497 e. The van der Waals surface area contributed by atoms with Crippen molar-refractivity contribution >= 4 is 8.07 Å². The van der Waals surface area contributed by atoms with Crippen LogP contribution in [0, 0.1) is 35.1 Å². The van der Waals surface area contributed by atoms with Gasteiger partial charge in [-0.3, -0.25) is 0 Å². The highest BCUT2D eigenvalue weighted by Crippen LogP contribution is 2.11. The molecule has 0 unspecified atom stereocenters. The van der Waals surface area contributed by atoms with Gasteiger partial charge in [-0.1, -0.05) is 49.2 Å². The molecule has 0 aromatic heterocycles. The van der Waals surface area contributed by atoms with Crippen LogP contribution >= 0.6 is 0 Å². The third-order valence-electron chi connectivity index (χ3n) is 4.14. The van der Waals surface area contributed by atoms with Crippen molar-refractivity contribution < 1.29 is 4.74 Å². The second kappa shape index (κ2) is 9.71. The molecule has 0 heterocycles. The summed E-state index contributed by atoms with van der Waals surface area (Å²) in [6.07, 6.45) is 0. The molecule has 0 aliphatic carbocycles. The maximum absolute atomic E-state index is 5.16. The van der Waals surface area contributed by atoms with E-state index in [0.717, 1.165) is 33.6 Å². The highest BCUT2D eigenvalue weighted by Gasteiger charge is 2.07. The number of hydrogen-bond acceptors (Lipinski definition) is 1. The molecular formula is C28H24OSi. The molecule has 0 N–H and O–H groups in total. The van der Waals surface area contributed by atoms with Gasteiger partial charge in [0.2, 0.25) is 0 Å². The van der Waals surface area contributed by atoms with Crippen LogP contribution in [-0.4, -0.2) is 15.2 Å². The van der Waals surface area contributed by atoms with Crippen molar-refractivity contribution in [1.29, 1.82) is 0 Å². The molecule has 0 saturated carbocycles. The lowest BCUT2D eigenvalue weighted by atomic mass is 10.1. The molecule has 0 atom stereocenters. The first-order valence-electron chi connectivity index (χ1n) is 9.83. The molecule has 2 heteroatoms. The van der Waals surface area contributed by atoms with Gasteiger partial charge >= 0.3 is 0 Å². The van der Waals surface area contributed by atoms with E-state index < -0.39 is 8.07 Å². The molecule has 0 spiro atoms. The van der Waals surface area contributed by atoms with Gasteiger partial charge in [0.15, 0.2) is 0 Å². The van der Waals surface area contributed by atoms with E-state index in [2.05, 4.69) is 54.8 Å². The SMILES string of the molecule is COc1ccc(C#Cc2ccc(C#Cc3ccc(C#C[Si](C)(C)C)cc3)cc2)cc1. The summed E-state index contributed by atoms with van der Waals surface area (Å²) in [6.45, 7) is 6.74. The fourth-order valence-electron chi connectivity index (χ4n) is 2.50. The minimum absolute atomic E-state index is 0.831. The fraction of sp³-hybridized carbons (Fsp3) is 0.143. The fourth-order valence-corrected chi connectivity index (χ4v) is 3.02. The standard InChI is InChI=1S/C28H24OSi/c1-29-28-19-17-26(18-20-28)12-11-24-7-5-23(6-8-24)9-10-25-13-15-27(16-14-25)21-22-30(2,3)4/h5-8,13-20H,1-4H3. The Balaban J connectivity index is 1.66. The lowest BCUT2D eigenvalue weighted by molar-refractivity contribution is 0.415. The molecule has 1 nitrogen and oxygen atoms in total. The Morgan fingerprint density at radius 3 is 1.10 bits per heavy atom. The second-order valence-electron chi connectivity index (χ2n) is 7.88. The van der Waals surface area contributed by atoms with Crippen molar-refractivity contribution in [2.45, 2.75) is 19.6 Å². The third kappa shape index (κ3) is 6.75. The van der Waals surface area contributed by atoms with Crippen LogP contribution in [0.25, 0.3) is 0 Å². The Hall–Kier alpha value is -3.64. The molecule has 3 aromatic carbocycles. The number of ether oxygens (including phenoxy) is 1. The van der Waals surface area contributed by atoms with E-state index in [1.54, 1.807) is 7.11 Å². The Bertz CT molecular complexity index is 1180. The molecule has 0 aliphatic rings. The summed E-state index contributed by atoms with van der Waals surface area (Å²) in [4.78, 5) is 0. The number of rotatable bonds is 1. The van der Waals surface area contributed by atoms with Gasteiger partial charge in [0, 0.05) is 27.8 Å². The Morgan fingerprint density at radius 2 is 0.800 bits per heavy atom. The molecule has 0 bridgehead atoms. The smallest absolute Gasteiger partial charge is 0.129 e. The van der Waals surface area contributed by atoms with Crippen molar-refractivity contribution in [3.05, 3.63) is 101 Å². The minimum atomic E-state index is -1.35. The van der Waals surface area contributed by atoms with E-state index in [1.807, 2.05) is 72.8 Å². The van der Waals surface area contributed by atoms with Gasteiger partial charge < -0.3 is 4.74 Å². The normalized spacial score (nSPS) is 9.87. The summed E-state index contributed by atoms with van der Waals surface area (Å²) < 4.78 is 5.16. The molecule has 0 saturated heterocycles. The predicted molar refractivity (Wildman–Crippen MR) is 128 cm³/mol. The van der Waals surface area contributed by atoms with Gasteiger partial charge in [-0.15, -0.1) is 5.54 Å². The van der Waals surface area contributed by atoms with Crippen LogP contribution in [-0.2, 0) is 0 Å². The maximum Gasteiger partial charge on any atom is 0.129 e. The average molecular weight is 405 g/mol. The van der Waals surface area contributed by atoms with Crippen LogP contribution in [0.5, 0.6) is 5.75 Å². The molecule has 0 fully saturated rings. The molecule has 0 aliphatic heterocycles. The highest BCUT2D eigenvalue weighted by atomic mass is 28.3. The number of hydrogen-bond donors (Lipinski definition) is 0. The number of methoxy groups -OCH3 is 1. The van der Waals surface area contributed by atoms with Crippen LogP contribution in [0.1, 0.15) is 27.8 Å². The molecule has 0 amide bonds. The lowest BCUT2D eigenvalue weighted by Crippen LogP contribution is -2.16. The quantitative estimate of drug-likeness (QED) is 0.372. The molecule has 0 radical (unpaired) electrons. The average Bonchev–Trinajstić information content (AvgIpc) is 2.76. The summed E-state index contributed by atoms with van der Waals surface area (Å²) in [5.41, 5.74) is 8.29. The summed E-state index contributed by atoms with van der Waals surface area (Å²) >= 11 is 0. The first-order valence-corrected chi connectivity index (χ1v) is 13.3. The monoisotopic (exact) mass is 404 g/mol. The molecule has 3 rings (SSSR count). The van der Waals surface area contributed by atoms with Crippen LogP contribution in [0.2, 0.25) is 19.6 Å². The van der Waals surface area contributed by atoms with Crippen molar-refractivity contribution in [3.63, 3.8) is 0 Å². The van der Waals surface area contributed by atoms with Crippen molar-refractivity contribution in [2.75, 3.05) is 7.11 Å². The first kappa shape index (κ1) is 21.1. The highest BCUT2D eigenvalue weighted by molar-refractivity contribution is 6.83. The Kier molecular flexibility index (Phi) is 6.82. The molecule has 30 heavy (non-hydrogen) atoms. The van der Waals surface area contributed by atoms with Gasteiger partial charge in [0.05, 0.1) is 7.11 Å². The van der Waals surface area contributed by atoms with Crippen molar-refractivity contribution in [3.8, 4) is 40.9 Å². The molecule has 3 aromatic rings. The van der Waals surface area contributed by atoms with E-state index in [1.165, 1.54) is 0 Å². The van der Waals surface area contributed by atoms with E-state index in [9.17, 15) is 0 Å².